The van der Waals surface area contributed by atoms with Crippen molar-refractivity contribution in [2.24, 2.45) is 0 Å². The van der Waals surface area contributed by atoms with Gasteiger partial charge >= 0.3 is 0 Å². The minimum atomic E-state index is -2.10. The molecule has 0 saturated heterocycles. The Labute approximate surface area is 267 Å². The van der Waals surface area contributed by atoms with Gasteiger partial charge in [0.05, 0.1) is 16.6 Å². The van der Waals surface area contributed by atoms with Gasteiger partial charge < -0.3 is 0 Å². The van der Waals surface area contributed by atoms with Crippen molar-refractivity contribution >= 4 is 83.8 Å². The Hall–Kier alpha value is -4.95. The van der Waals surface area contributed by atoms with Gasteiger partial charge in [-0.3, -0.25) is 4.40 Å². The third-order valence-electron chi connectivity index (χ3n) is 9.05. The number of rotatable bonds is 4. The van der Waals surface area contributed by atoms with E-state index in [4.69, 9.17) is 17.2 Å². The van der Waals surface area contributed by atoms with Crippen LogP contribution < -0.4 is 15.9 Å². The van der Waals surface area contributed by atoms with Crippen LogP contribution >= 0.6 is 18.7 Å². The van der Waals surface area contributed by atoms with E-state index < -0.39 is 6.46 Å². The molecular weight excluding hydrogens is 584 g/mol. The lowest BCUT2D eigenvalue weighted by Gasteiger charge is -2.21. The molecule has 7 aromatic carbocycles. The van der Waals surface area contributed by atoms with Crippen molar-refractivity contribution in [1.29, 1.82) is 0 Å². The zero-order chi connectivity index (χ0) is 30.0. The van der Waals surface area contributed by atoms with Crippen molar-refractivity contribution in [3.63, 3.8) is 0 Å². The summed E-state index contributed by atoms with van der Waals surface area (Å²) >= 11 is 5.50. The number of imidazole rings is 1. The van der Waals surface area contributed by atoms with Crippen molar-refractivity contribution in [3.8, 4) is 11.1 Å². The maximum Gasteiger partial charge on any atom is 0.167 e. The molecule has 0 N–H and O–H groups in total. The lowest BCUT2D eigenvalue weighted by Crippen LogP contribution is -2.27. The Morgan fingerprint density at radius 3 is 1.82 bits per heavy atom. The minimum Gasteiger partial charge on any atom is -0.292 e. The second kappa shape index (κ2) is 10.3. The largest absolute Gasteiger partial charge is 0.292 e. The molecule has 2 aromatic heterocycles. The van der Waals surface area contributed by atoms with Crippen LogP contribution in [0.25, 0.3) is 60.3 Å². The maximum absolute atomic E-state index is 5.50. The SMILES string of the molecule is S[P+](c1ccccc1)(c1ccccc1)c1ccc2cc(-c3ccc4c5ccccc5n5c6ccccc6nc5c4c3)ccc2c1. The van der Waals surface area contributed by atoms with Crippen LogP contribution in [0.1, 0.15) is 0 Å². The number of fused-ring (bicyclic) bond motifs is 9. The first-order valence-corrected chi connectivity index (χ1v) is 18.1. The van der Waals surface area contributed by atoms with Gasteiger partial charge in [0, 0.05) is 23.0 Å². The van der Waals surface area contributed by atoms with Crippen LogP contribution in [0, 0.1) is 0 Å². The van der Waals surface area contributed by atoms with E-state index in [2.05, 4.69) is 168 Å². The quantitative estimate of drug-likeness (QED) is 0.119. The van der Waals surface area contributed by atoms with E-state index >= 15 is 0 Å². The van der Waals surface area contributed by atoms with Gasteiger partial charge in [-0.05, 0) is 94.0 Å². The highest BCUT2D eigenvalue weighted by molar-refractivity contribution is 8.61. The van der Waals surface area contributed by atoms with E-state index in [0.717, 1.165) is 22.1 Å². The van der Waals surface area contributed by atoms with Gasteiger partial charge in [0.1, 0.15) is 21.6 Å². The van der Waals surface area contributed by atoms with Gasteiger partial charge in [-0.25, -0.2) is 4.98 Å². The highest BCUT2D eigenvalue weighted by Crippen LogP contribution is 2.60. The van der Waals surface area contributed by atoms with Crippen LogP contribution in [-0.4, -0.2) is 9.38 Å². The van der Waals surface area contributed by atoms with E-state index in [-0.39, 0.29) is 0 Å². The minimum absolute atomic E-state index is 0.994. The predicted octanol–water partition coefficient (Wildman–Crippen LogP) is 9.75. The Bertz CT molecular complexity index is 2520. The third-order valence-corrected chi connectivity index (χ3v) is 14.2. The van der Waals surface area contributed by atoms with E-state index in [9.17, 15) is 0 Å². The Balaban J connectivity index is 1.20. The number of thiol groups is 1. The van der Waals surface area contributed by atoms with Gasteiger partial charge in [-0.15, -0.1) is 0 Å². The lowest BCUT2D eigenvalue weighted by molar-refractivity contribution is 1.31. The first-order chi connectivity index (χ1) is 22.2. The summed E-state index contributed by atoms with van der Waals surface area (Å²) in [5.74, 6) is 0. The fourth-order valence-corrected chi connectivity index (χ4v) is 10.7. The zero-order valence-electron chi connectivity index (χ0n) is 24.4. The molecule has 0 atom stereocenters. The van der Waals surface area contributed by atoms with Crippen molar-refractivity contribution in [3.05, 3.63) is 164 Å². The standard InChI is InChI=1S/C41H28N2PS/c45-44(32-11-3-1-4-12-32,33-13-5-2-6-14-33)34-23-21-29-25-28(19-20-30(29)26-34)31-22-24-35-36-15-7-9-17-39(36)43-40-18-10-8-16-38(40)42-41(43)37(35)27-31/h1-27,45H/q+1. The molecule has 0 radical (unpaired) electrons. The summed E-state index contributed by atoms with van der Waals surface area (Å²) in [5.41, 5.74) is 6.69. The smallest absolute Gasteiger partial charge is 0.167 e. The monoisotopic (exact) mass is 611 g/mol. The molecule has 0 amide bonds. The second-order valence-corrected chi connectivity index (χ2v) is 16.2. The number of para-hydroxylation sites is 3. The van der Waals surface area contributed by atoms with Gasteiger partial charge in [-0.2, -0.15) is 0 Å². The predicted molar refractivity (Wildman–Crippen MR) is 198 cm³/mol. The summed E-state index contributed by atoms with van der Waals surface area (Å²) in [6.07, 6.45) is 0. The highest BCUT2D eigenvalue weighted by Gasteiger charge is 2.42. The number of aromatic nitrogens is 2. The third kappa shape index (κ3) is 4.12. The van der Waals surface area contributed by atoms with Gasteiger partial charge in [-0.1, -0.05) is 97.1 Å². The van der Waals surface area contributed by atoms with Crippen LogP contribution in [0.4, 0.5) is 0 Å². The average Bonchev–Trinajstić information content (AvgIpc) is 3.52. The Morgan fingerprint density at radius 2 is 1.04 bits per heavy atom. The molecule has 4 heteroatoms. The van der Waals surface area contributed by atoms with Crippen molar-refractivity contribution < 1.29 is 0 Å². The Morgan fingerprint density at radius 1 is 0.444 bits per heavy atom. The summed E-state index contributed by atoms with van der Waals surface area (Å²) < 4.78 is 2.31. The molecule has 0 fully saturated rings. The van der Waals surface area contributed by atoms with Gasteiger partial charge in [0.15, 0.2) is 6.46 Å². The number of pyridine rings is 1. The molecule has 2 nitrogen and oxygen atoms in total. The summed E-state index contributed by atoms with van der Waals surface area (Å²) in [7, 11) is 0. The molecule has 2 heterocycles. The van der Waals surface area contributed by atoms with Crippen LogP contribution in [0.15, 0.2) is 164 Å². The molecule has 212 valence electrons. The van der Waals surface area contributed by atoms with Crippen molar-refractivity contribution in [2.75, 3.05) is 0 Å². The molecule has 0 aliphatic rings. The molecule has 0 aliphatic heterocycles. The number of hydrogen-bond acceptors (Lipinski definition) is 2. The number of nitrogens with zero attached hydrogens (tertiary/aromatic N) is 2. The molecule has 45 heavy (non-hydrogen) atoms. The van der Waals surface area contributed by atoms with E-state index in [1.54, 1.807) is 0 Å². The van der Waals surface area contributed by atoms with Crippen LogP contribution in [-0.2, 0) is 0 Å². The summed E-state index contributed by atoms with van der Waals surface area (Å²) in [4.78, 5) is 5.12. The fourth-order valence-electron chi connectivity index (χ4n) is 6.84. The Kier molecular flexibility index (Phi) is 6.06. The highest BCUT2D eigenvalue weighted by atomic mass is 32.7. The summed E-state index contributed by atoms with van der Waals surface area (Å²) in [6.45, 7) is -2.10. The van der Waals surface area contributed by atoms with Gasteiger partial charge in [0.2, 0.25) is 0 Å². The molecule has 0 bridgehead atoms. The van der Waals surface area contributed by atoms with Crippen molar-refractivity contribution in [1.82, 2.24) is 9.38 Å². The number of hydrogen-bond donors (Lipinski definition) is 1. The van der Waals surface area contributed by atoms with Crippen LogP contribution in [0.2, 0.25) is 0 Å². The average molecular weight is 612 g/mol. The van der Waals surface area contributed by atoms with E-state index in [1.807, 2.05) is 0 Å². The van der Waals surface area contributed by atoms with Gasteiger partial charge in [0.25, 0.3) is 0 Å². The molecule has 0 saturated carbocycles. The van der Waals surface area contributed by atoms with Crippen LogP contribution in [0.3, 0.4) is 0 Å². The normalized spacial score (nSPS) is 12.1. The molecule has 0 aliphatic carbocycles. The molecule has 9 aromatic rings. The summed E-state index contributed by atoms with van der Waals surface area (Å²) in [5, 5.41) is 9.83. The molecule has 0 unspecified atom stereocenters. The van der Waals surface area contributed by atoms with Crippen LogP contribution in [0.5, 0.6) is 0 Å². The van der Waals surface area contributed by atoms with Crippen molar-refractivity contribution in [2.45, 2.75) is 0 Å². The lowest BCUT2D eigenvalue weighted by atomic mass is 9.97. The number of benzene rings is 7. The first-order valence-electron chi connectivity index (χ1n) is 15.2. The molecule has 9 rings (SSSR count). The zero-order valence-corrected chi connectivity index (χ0v) is 26.2. The van der Waals surface area contributed by atoms with E-state index in [0.29, 0.717) is 0 Å². The maximum atomic E-state index is 5.50. The first kappa shape index (κ1) is 26.5. The topological polar surface area (TPSA) is 17.3 Å². The second-order valence-electron chi connectivity index (χ2n) is 11.6. The molecule has 0 spiro atoms. The summed E-state index contributed by atoms with van der Waals surface area (Å²) in [6, 6.07) is 59.0. The molecular formula is C41H28N2PS+. The van der Waals surface area contributed by atoms with E-state index in [1.165, 1.54) is 54.1 Å². The fraction of sp³-hybridized carbons (Fsp3) is 0.